The van der Waals surface area contributed by atoms with E-state index in [0.29, 0.717) is 12.0 Å². The van der Waals surface area contributed by atoms with Gasteiger partial charge >= 0.3 is 0 Å². The summed E-state index contributed by atoms with van der Waals surface area (Å²) < 4.78 is 0. The van der Waals surface area contributed by atoms with Crippen LogP contribution in [0.5, 0.6) is 0 Å². The Balaban J connectivity index is 2.16. The zero-order valence-electron chi connectivity index (χ0n) is 10.9. The summed E-state index contributed by atoms with van der Waals surface area (Å²) in [6.07, 6.45) is 6.36. The third kappa shape index (κ3) is 2.86. The summed E-state index contributed by atoms with van der Waals surface area (Å²) >= 11 is 6.08. The van der Waals surface area contributed by atoms with Gasteiger partial charge in [0.1, 0.15) is 5.02 Å². The molecule has 5 heteroatoms. The number of hydrogen-bond donors (Lipinski definition) is 1. The van der Waals surface area contributed by atoms with E-state index in [9.17, 15) is 4.79 Å². The Bertz CT molecular complexity index is 458. The molecule has 1 unspecified atom stereocenters. The zero-order chi connectivity index (χ0) is 13.1. The first kappa shape index (κ1) is 13.4. The van der Waals surface area contributed by atoms with E-state index in [0.717, 1.165) is 25.1 Å². The first-order chi connectivity index (χ1) is 8.59. The average Bonchev–Trinajstić information content (AvgIpc) is 2.78. The van der Waals surface area contributed by atoms with E-state index in [1.807, 2.05) is 0 Å². The molecule has 1 atom stereocenters. The number of nitrogens with zero attached hydrogens (tertiary/aromatic N) is 2. The SMILES string of the molecule is CC(C)CCC1CCCN1c1cn[nH]c(=O)c1Cl. The first-order valence-electron chi connectivity index (χ1n) is 6.59. The van der Waals surface area contributed by atoms with Crippen molar-refractivity contribution in [2.45, 2.75) is 45.6 Å². The van der Waals surface area contributed by atoms with Gasteiger partial charge in [-0.3, -0.25) is 4.79 Å². The van der Waals surface area contributed by atoms with Crippen LogP contribution in [0, 0.1) is 5.92 Å². The Hall–Kier alpha value is -1.03. The second-order valence-electron chi connectivity index (χ2n) is 5.36. The van der Waals surface area contributed by atoms with Crippen molar-refractivity contribution in [1.29, 1.82) is 0 Å². The Labute approximate surface area is 112 Å². The summed E-state index contributed by atoms with van der Waals surface area (Å²) in [5, 5.41) is 6.49. The standard InChI is InChI=1S/C13H20ClN3O/c1-9(2)5-6-10-4-3-7-17(10)11-8-15-16-13(18)12(11)14/h8-10H,3-7H2,1-2H3,(H,16,18). The van der Waals surface area contributed by atoms with E-state index in [1.54, 1.807) is 6.20 Å². The minimum Gasteiger partial charge on any atom is -0.366 e. The molecule has 100 valence electrons. The van der Waals surface area contributed by atoms with Gasteiger partial charge in [0.25, 0.3) is 5.56 Å². The van der Waals surface area contributed by atoms with Gasteiger partial charge in [0.15, 0.2) is 0 Å². The molecule has 0 amide bonds. The van der Waals surface area contributed by atoms with Crippen LogP contribution in [0.25, 0.3) is 0 Å². The van der Waals surface area contributed by atoms with Gasteiger partial charge in [-0.05, 0) is 31.6 Å². The fourth-order valence-electron chi connectivity index (χ4n) is 2.55. The van der Waals surface area contributed by atoms with E-state index < -0.39 is 0 Å². The third-order valence-electron chi connectivity index (χ3n) is 3.54. The molecule has 1 aliphatic rings. The number of H-pyrrole nitrogens is 1. The van der Waals surface area contributed by atoms with Crippen molar-refractivity contribution in [3.05, 3.63) is 21.6 Å². The predicted octanol–water partition coefficient (Wildman–Crippen LogP) is 2.83. The molecule has 0 aromatic carbocycles. The van der Waals surface area contributed by atoms with Gasteiger partial charge in [0, 0.05) is 12.6 Å². The molecule has 1 aromatic heterocycles. The lowest BCUT2D eigenvalue weighted by molar-refractivity contribution is 0.495. The lowest BCUT2D eigenvalue weighted by Gasteiger charge is -2.27. The fourth-order valence-corrected chi connectivity index (χ4v) is 2.75. The molecule has 0 bridgehead atoms. The molecule has 1 aromatic rings. The van der Waals surface area contributed by atoms with E-state index in [-0.39, 0.29) is 10.6 Å². The zero-order valence-corrected chi connectivity index (χ0v) is 11.7. The summed E-state index contributed by atoms with van der Waals surface area (Å²) in [6.45, 7) is 5.44. The highest BCUT2D eigenvalue weighted by atomic mass is 35.5. The van der Waals surface area contributed by atoms with Gasteiger partial charge in [0.2, 0.25) is 0 Å². The lowest BCUT2D eigenvalue weighted by atomic mass is 10.0. The second kappa shape index (κ2) is 5.74. The smallest absolute Gasteiger partial charge is 0.285 e. The maximum absolute atomic E-state index is 11.5. The van der Waals surface area contributed by atoms with E-state index in [4.69, 9.17) is 11.6 Å². The molecule has 1 fully saturated rings. The largest absolute Gasteiger partial charge is 0.366 e. The molecule has 0 radical (unpaired) electrons. The molecular weight excluding hydrogens is 250 g/mol. The molecule has 0 aliphatic carbocycles. The quantitative estimate of drug-likeness (QED) is 0.914. The highest BCUT2D eigenvalue weighted by Crippen LogP contribution is 2.31. The molecule has 1 aliphatic heterocycles. The van der Waals surface area contributed by atoms with Crippen molar-refractivity contribution in [3.8, 4) is 0 Å². The van der Waals surface area contributed by atoms with Crippen molar-refractivity contribution in [1.82, 2.24) is 10.2 Å². The van der Waals surface area contributed by atoms with Crippen LogP contribution in [-0.2, 0) is 0 Å². The van der Waals surface area contributed by atoms with E-state index >= 15 is 0 Å². The molecule has 0 spiro atoms. The van der Waals surface area contributed by atoms with Crippen LogP contribution < -0.4 is 10.5 Å². The van der Waals surface area contributed by atoms with Gasteiger partial charge < -0.3 is 4.90 Å². The number of anilines is 1. The number of nitrogens with one attached hydrogen (secondary N) is 1. The normalized spacial score (nSPS) is 19.8. The summed E-state index contributed by atoms with van der Waals surface area (Å²) in [7, 11) is 0. The Morgan fingerprint density at radius 3 is 3.11 bits per heavy atom. The Kier molecular flexibility index (Phi) is 4.27. The summed E-state index contributed by atoms with van der Waals surface area (Å²) in [5.41, 5.74) is 0.482. The van der Waals surface area contributed by atoms with Gasteiger partial charge in [-0.2, -0.15) is 5.10 Å². The van der Waals surface area contributed by atoms with Crippen LogP contribution in [0.15, 0.2) is 11.0 Å². The van der Waals surface area contributed by atoms with Crippen LogP contribution in [0.3, 0.4) is 0 Å². The average molecular weight is 270 g/mol. The number of halogens is 1. The summed E-state index contributed by atoms with van der Waals surface area (Å²) in [6, 6.07) is 0.494. The van der Waals surface area contributed by atoms with Crippen molar-refractivity contribution < 1.29 is 0 Å². The van der Waals surface area contributed by atoms with Crippen molar-refractivity contribution in [3.63, 3.8) is 0 Å². The van der Waals surface area contributed by atoms with Crippen LogP contribution in [0.4, 0.5) is 5.69 Å². The van der Waals surface area contributed by atoms with Crippen LogP contribution in [0.1, 0.15) is 39.5 Å². The Morgan fingerprint density at radius 1 is 1.61 bits per heavy atom. The number of aromatic nitrogens is 2. The number of aromatic amines is 1. The van der Waals surface area contributed by atoms with E-state index in [2.05, 4.69) is 28.9 Å². The predicted molar refractivity (Wildman–Crippen MR) is 74.3 cm³/mol. The highest BCUT2D eigenvalue weighted by Gasteiger charge is 2.27. The second-order valence-corrected chi connectivity index (χ2v) is 5.74. The van der Waals surface area contributed by atoms with Crippen molar-refractivity contribution >= 4 is 17.3 Å². The molecule has 1 saturated heterocycles. The van der Waals surface area contributed by atoms with Gasteiger partial charge in [-0.1, -0.05) is 25.4 Å². The maximum Gasteiger partial charge on any atom is 0.285 e. The molecule has 1 N–H and O–H groups in total. The summed E-state index contributed by atoms with van der Waals surface area (Å²) in [4.78, 5) is 13.7. The molecule has 4 nitrogen and oxygen atoms in total. The highest BCUT2D eigenvalue weighted by molar-refractivity contribution is 6.33. The van der Waals surface area contributed by atoms with Crippen LogP contribution >= 0.6 is 11.6 Å². The van der Waals surface area contributed by atoms with Crippen molar-refractivity contribution in [2.24, 2.45) is 5.92 Å². The minimum absolute atomic E-state index is 0.265. The fraction of sp³-hybridized carbons (Fsp3) is 0.692. The minimum atomic E-state index is -0.302. The van der Waals surface area contributed by atoms with Gasteiger partial charge in [-0.25, -0.2) is 5.10 Å². The van der Waals surface area contributed by atoms with Gasteiger partial charge in [-0.15, -0.1) is 0 Å². The lowest BCUT2D eigenvalue weighted by Crippen LogP contribution is -2.31. The van der Waals surface area contributed by atoms with Gasteiger partial charge in [0.05, 0.1) is 11.9 Å². The number of rotatable bonds is 4. The molecule has 2 rings (SSSR count). The van der Waals surface area contributed by atoms with E-state index in [1.165, 1.54) is 12.8 Å². The first-order valence-corrected chi connectivity index (χ1v) is 6.97. The Morgan fingerprint density at radius 2 is 2.39 bits per heavy atom. The van der Waals surface area contributed by atoms with Crippen molar-refractivity contribution in [2.75, 3.05) is 11.4 Å². The van der Waals surface area contributed by atoms with Crippen LogP contribution in [0.2, 0.25) is 5.02 Å². The number of hydrogen-bond acceptors (Lipinski definition) is 3. The topological polar surface area (TPSA) is 49.0 Å². The molecule has 18 heavy (non-hydrogen) atoms. The maximum atomic E-state index is 11.5. The summed E-state index contributed by atoms with van der Waals surface area (Å²) in [5.74, 6) is 0.709. The molecule has 0 saturated carbocycles. The molecule has 2 heterocycles. The van der Waals surface area contributed by atoms with Crippen LogP contribution in [-0.4, -0.2) is 22.8 Å². The molecular formula is C13H20ClN3O. The third-order valence-corrected chi connectivity index (χ3v) is 3.91. The monoisotopic (exact) mass is 269 g/mol.